The van der Waals surface area contributed by atoms with Gasteiger partial charge in [-0.3, -0.25) is 4.79 Å². The molecule has 1 aromatic rings. The molecule has 2 rings (SSSR count). The number of hydrogen-bond acceptors (Lipinski definition) is 4. The Morgan fingerprint density at radius 2 is 2.43 bits per heavy atom. The fourth-order valence-corrected chi connectivity index (χ4v) is 3.95. The van der Waals surface area contributed by atoms with Crippen LogP contribution in [0.4, 0.5) is 0 Å². The molecule has 3 N–H and O–H groups in total. The van der Waals surface area contributed by atoms with Crippen LogP contribution in [0.15, 0.2) is 12.4 Å². The van der Waals surface area contributed by atoms with Crippen molar-refractivity contribution in [3.63, 3.8) is 0 Å². The molecule has 1 aliphatic rings. The normalized spacial score (nSPS) is 22.0. The number of imidazole rings is 1. The number of H-pyrrole nitrogens is 1. The van der Waals surface area contributed by atoms with Gasteiger partial charge in [0, 0.05) is 25.5 Å². The maximum atomic E-state index is 12.4. The van der Waals surface area contributed by atoms with Gasteiger partial charge in [-0.2, -0.15) is 17.4 Å². The molecule has 0 bridgehead atoms. The second-order valence-electron chi connectivity index (χ2n) is 5.09. The molecule has 0 radical (unpaired) electrons. The van der Waals surface area contributed by atoms with E-state index < -0.39 is 28.1 Å². The number of nitrogens with zero attached hydrogens (tertiary/aromatic N) is 2. The molecule has 2 atom stereocenters. The number of piperidine rings is 1. The molecule has 8 nitrogen and oxygen atoms in total. The summed E-state index contributed by atoms with van der Waals surface area (Å²) in [5.74, 6) is -1.04. The summed E-state index contributed by atoms with van der Waals surface area (Å²) in [6.07, 6.45) is 4.80. The highest BCUT2D eigenvalue weighted by molar-refractivity contribution is 7.87. The summed E-state index contributed by atoms with van der Waals surface area (Å²) in [5.41, 5.74) is 0. The van der Waals surface area contributed by atoms with E-state index in [-0.39, 0.29) is 6.54 Å². The number of nitrogens with one attached hydrogen (secondary N) is 2. The smallest absolute Gasteiger partial charge is 0.307 e. The van der Waals surface area contributed by atoms with E-state index in [0.717, 1.165) is 0 Å². The second-order valence-corrected chi connectivity index (χ2v) is 6.80. The molecule has 1 saturated heterocycles. The highest BCUT2D eigenvalue weighted by Gasteiger charge is 2.33. The van der Waals surface area contributed by atoms with Crippen molar-refractivity contribution in [3.05, 3.63) is 18.2 Å². The van der Waals surface area contributed by atoms with Gasteiger partial charge in [0.15, 0.2) is 0 Å². The molecule has 1 fully saturated rings. The lowest BCUT2D eigenvalue weighted by molar-refractivity contribution is -0.142. The van der Waals surface area contributed by atoms with Gasteiger partial charge in [-0.25, -0.2) is 4.98 Å². The lowest BCUT2D eigenvalue weighted by Crippen LogP contribution is -2.48. The number of rotatable bonds is 6. The maximum Gasteiger partial charge on any atom is 0.307 e. The molecule has 118 valence electrons. The van der Waals surface area contributed by atoms with E-state index in [1.807, 2.05) is 6.92 Å². The number of hydrogen-bond donors (Lipinski definition) is 3. The van der Waals surface area contributed by atoms with Crippen LogP contribution in [-0.2, 0) is 15.0 Å². The van der Waals surface area contributed by atoms with E-state index in [1.165, 1.54) is 4.31 Å². The summed E-state index contributed by atoms with van der Waals surface area (Å²) in [5, 5.41) is 9.04. The number of carboxylic acid groups (broad SMARTS) is 1. The lowest BCUT2D eigenvalue weighted by atomic mass is 10.0. The molecule has 0 saturated carbocycles. The van der Waals surface area contributed by atoms with Crippen LogP contribution in [0.25, 0.3) is 0 Å². The van der Waals surface area contributed by atoms with Crippen LogP contribution in [0.1, 0.15) is 38.1 Å². The Morgan fingerprint density at radius 3 is 3.00 bits per heavy atom. The third-order valence-corrected chi connectivity index (χ3v) is 5.22. The number of carboxylic acids is 1. The molecule has 0 aliphatic carbocycles. The summed E-state index contributed by atoms with van der Waals surface area (Å²) in [4.78, 5) is 18.0. The van der Waals surface area contributed by atoms with E-state index in [0.29, 0.717) is 31.6 Å². The molecule has 2 heterocycles. The quantitative estimate of drug-likeness (QED) is 0.706. The minimum atomic E-state index is -3.73. The molecule has 0 spiro atoms. The molecular weight excluding hydrogens is 296 g/mol. The Kier molecular flexibility index (Phi) is 4.96. The molecule has 9 heteroatoms. The zero-order valence-electron chi connectivity index (χ0n) is 11.8. The Balaban J connectivity index is 2.08. The number of aromatic nitrogens is 2. The lowest BCUT2D eigenvalue weighted by Gasteiger charge is -2.31. The highest BCUT2D eigenvalue weighted by atomic mass is 32.2. The Hall–Kier alpha value is -1.45. The molecule has 1 aromatic heterocycles. The largest absolute Gasteiger partial charge is 0.481 e. The van der Waals surface area contributed by atoms with Crippen molar-refractivity contribution < 1.29 is 18.3 Å². The van der Waals surface area contributed by atoms with Crippen molar-refractivity contribution in [2.24, 2.45) is 5.92 Å². The van der Waals surface area contributed by atoms with Crippen molar-refractivity contribution in [2.45, 2.75) is 32.2 Å². The Morgan fingerprint density at radius 1 is 1.67 bits per heavy atom. The summed E-state index contributed by atoms with van der Waals surface area (Å²) >= 11 is 0. The van der Waals surface area contributed by atoms with Crippen LogP contribution in [0.3, 0.4) is 0 Å². The van der Waals surface area contributed by atoms with E-state index in [2.05, 4.69) is 14.7 Å². The topological polar surface area (TPSA) is 115 Å². The summed E-state index contributed by atoms with van der Waals surface area (Å²) in [7, 11) is -3.73. The molecule has 21 heavy (non-hydrogen) atoms. The molecule has 1 aliphatic heterocycles. The van der Waals surface area contributed by atoms with Gasteiger partial charge >= 0.3 is 5.97 Å². The van der Waals surface area contributed by atoms with Gasteiger partial charge in [-0.05, 0) is 19.3 Å². The summed E-state index contributed by atoms with van der Waals surface area (Å²) < 4.78 is 28.6. The third-order valence-electron chi connectivity index (χ3n) is 3.62. The van der Waals surface area contributed by atoms with Crippen molar-refractivity contribution in [2.75, 3.05) is 13.1 Å². The van der Waals surface area contributed by atoms with Crippen LogP contribution in [0, 0.1) is 5.92 Å². The molecule has 0 aromatic carbocycles. The van der Waals surface area contributed by atoms with Crippen LogP contribution in [0.5, 0.6) is 0 Å². The molecular formula is C12H20N4O4S. The second kappa shape index (κ2) is 6.54. The average Bonchev–Trinajstić information content (AvgIpc) is 2.99. The first-order valence-electron chi connectivity index (χ1n) is 6.93. The third kappa shape index (κ3) is 3.80. The van der Waals surface area contributed by atoms with Gasteiger partial charge in [-0.1, -0.05) is 6.92 Å². The fourth-order valence-electron chi connectivity index (χ4n) is 2.42. The molecule has 2 unspecified atom stereocenters. The van der Waals surface area contributed by atoms with E-state index in [1.54, 1.807) is 12.4 Å². The number of aromatic amines is 1. The molecule has 0 amide bonds. The average molecular weight is 316 g/mol. The minimum absolute atomic E-state index is 0.0132. The van der Waals surface area contributed by atoms with E-state index in [4.69, 9.17) is 5.11 Å². The van der Waals surface area contributed by atoms with Gasteiger partial charge in [0.1, 0.15) is 5.82 Å². The van der Waals surface area contributed by atoms with Crippen molar-refractivity contribution >= 4 is 16.2 Å². The Bertz CT molecular complexity index is 572. The van der Waals surface area contributed by atoms with Crippen LogP contribution in [0.2, 0.25) is 0 Å². The van der Waals surface area contributed by atoms with Gasteiger partial charge in [0.2, 0.25) is 0 Å². The van der Waals surface area contributed by atoms with Gasteiger partial charge in [0.25, 0.3) is 10.2 Å². The predicted octanol–water partition coefficient (Wildman–Crippen LogP) is 0.492. The van der Waals surface area contributed by atoms with Gasteiger partial charge < -0.3 is 10.1 Å². The van der Waals surface area contributed by atoms with Crippen LogP contribution in [-0.4, -0.2) is 46.9 Å². The predicted molar refractivity (Wildman–Crippen MR) is 75.6 cm³/mol. The first kappa shape index (κ1) is 15.9. The first-order chi connectivity index (χ1) is 9.94. The van der Waals surface area contributed by atoms with Crippen LogP contribution >= 0.6 is 0 Å². The maximum absolute atomic E-state index is 12.4. The van der Waals surface area contributed by atoms with Crippen molar-refractivity contribution in [1.29, 1.82) is 0 Å². The number of carbonyl (C=O) groups is 1. The van der Waals surface area contributed by atoms with E-state index in [9.17, 15) is 13.2 Å². The SMILES string of the molecule is CCC(NS(=O)(=O)N1CCCC(C(=O)O)C1)c1ncc[nH]1. The fraction of sp³-hybridized carbons (Fsp3) is 0.667. The first-order valence-corrected chi connectivity index (χ1v) is 8.37. The van der Waals surface area contributed by atoms with Gasteiger partial charge in [-0.15, -0.1) is 0 Å². The van der Waals surface area contributed by atoms with Crippen molar-refractivity contribution in [3.8, 4) is 0 Å². The van der Waals surface area contributed by atoms with Crippen molar-refractivity contribution in [1.82, 2.24) is 19.0 Å². The summed E-state index contributed by atoms with van der Waals surface area (Å²) in [6.45, 7) is 2.21. The zero-order chi connectivity index (χ0) is 15.5. The van der Waals surface area contributed by atoms with Crippen LogP contribution < -0.4 is 4.72 Å². The minimum Gasteiger partial charge on any atom is -0.481 e. The summed E-state index contributed by atoms with van der Waals surface area (Å²) in [6, 6.07) is -0.449. The monoisotopic (exact) mass is 316 g/mol. The van der Waals surface area contributed by atoms with E-state index >= 15 is 0 Å². The standard InChI is InChI=1S/C12H20N4O4S/c1-2-10(11-13-5-6-14-11)15-21(19,20)16-7-3-4-9(8-16)12(17)18/h5-6,9-10,15H,2-4,7-8H2,1H3,(H,13,14)(H,17,18). The Labute approximate surface area is 123 Å². The zero-order valence-corrected chi connectivity index (χ0v) is 12.6. The van der Waals surface area contributed by atoms with Gasteiger partial charge in [0.05, 0.1) is 12.0 Å². The highest BCUT2D eigenvalue weighted by Crippen LogP contribution is 2.21. The number of aliphatic carboxylic acids is 1.